The van der Waals surface area contributed by atoms with Gasteiger partial charge in [0.15, 0.2) is 0 Å². The van der Waals surface area contributed by atoms with E-state index in [1.54, 1.807) is 0 Å². The molecule has 1 nitrogen and oxygen atoms in total. The van der Waals surface area contributed by atoms with Crippen LogP contribution in [0, 0.1) is 0 Å². The van der Waals surface area contributed by atoms with Gasteiger partial charge in [0.2, 0.25) is 0 Å². The Labute approximate surface area is 104 Å². The molecule has 0 unspecified atom stereocenters. The molecule has 0 aromatic rings. The lowest BCUT2D eigenvalue weighted by Crippen LogP contribution is -1.98. The number of nitrogens with one attached hydrogen (secondary N) is 1. The highest BCUT2D eigenvalue weighted by molar-refractivity contribution is 14.1. The van der Waals surface area contributed by atoms with Crippen LogP contribution in [0.5, 0.6) is 0 Å². The van der Waals surface area contributed by atoms with E-state index in [1.165, 1.54) is 70.8 Å². The standard InChI is InChI=1S/C12H26IN/c1-2-3-4-5-6-7-8-9-10-11-12-14-13/h14H,2-12H2,1H3. The fourth-order valence-electron chi connectivity index (χ4n) is 1.68. The van der Waals surface area contributed by atoms with Gasteiger partial charge in [-0.25, -0.2) is 0 Å². The predicted octanol–water partition coefficient (Wildman–Crippen LogP) is 4.85. The van der Waals surface area contributed by atoms with E-state index in [2.05, 4.69) is 33.3 Å². The zero-order chi connectivity index (χ0) is 10.5. The van der Waals surface area contributed by atoms with E-state index >= 15 is 0 Å². The van der Waals surface area contributed by atoms with Crippen molar-refractivity contribution in [2.75, 3.05) is 6.54 Å². The first-order valence-electron chi connectivity index (χ1n) is 6.25. The minimum Gasteiger partial charge on any atom is -0.261 e. The summed E-state index contributed by atoms with van der Waals surface area (Å²) in [4.78, 5) is 0. The maximum atomic E-state index is 3.16. The smallest absolute Gasteiger partial charge is 0.0169 e. The van der Waals surface area contributed by atoms with Crippen LogP contribution < -0.4 is 3.53 Å². The zero-order valence-electron chi connectivity index (χ0n) is 9.66. The van der Waals surface area contributed by atoms with Gasteiger partial charge >= 0.3 is 0 Å². The molecule has 14 heavy (non-hydrogen) atoms. The summed E-state index contributed by atoms with van der Waals surface area (Å²) >= 11 is 2.22. The number of rotatable bonds is 11. The van der Waals surface area contributed by atoms with Crippen LogP contribution in [0.1, 0.15) is 71.1 Å². The van der Waals surface area contributed by atoms with Crippen molar-refractivity contribution < 1.29 is 0 Å². The fourth-order valence-corrected chi connectivity index (χ4v) is 2.06. The normalized spacial score (nSPS) is 10.7. The highest BCUT2D eigenvalue weighted by Crippen LogP contribution is 2.10. The Morgan fingerprint density at radius 1 is 0.714 bits per heavy atom. The van der Waals surface area contributed by atoms with Crippen LogP contribution in [0.2, 0.25) is 0 Å². The maximum absolute atomic E-state index is 3.16. The average Bonchev–Trinajstić information content (AvgIpc) is 2.21. The second-order valence-electron chi connectivity index (χ2n) is 4.07. The molecule has 0 amide bonds. The number of hydrogen-bond acceptors (Lipinski definition) is 1. The van der Waals surface area contributed by atoms with Crippen molar-refractivity contribution >= 4 is 22.9 Å². The zero-order valence-corrected chi connectivity index (χ0v) is 11.8. The van der Waals surface area contributed by atoms with Crippen LogP contribution >= 0.6 is 22.9 Å². The molecule has 0 aromatic carbocycles. The maximum Gasteiger partial charge on any atom is 0.0169 e. The van der Waals surface area contributed by atoms with E-state index in [1.807, 2.05) is 0 Å². The first kappa shape index (κ1) is 14.7. The fraction of sp³-hybridized carbons (Fsp3) is 1.00. The first-order valence-corrected chi connectivity index (χ1v) is 7.33. The molecule has 0 aliphatic rings. The predicted molar refractivity (Wildman–Crippen MR) is 73.9 cm³/mol. The summed E-state index contributed by atoms with van der Waals surface area (Å²) in [5.74, 6) is 0. The van der Waals surface area contributed by atoms with Gasteiger partial charge in [-0.1, -0.05) is 64.7 Å². The number of unbranched alkanes of at least 4 members (excludes halogenated alkanes) is 9. The highest BCUT2D eigenvalue weighted by Gasteiger charge is 1.91. The molecule has 86 valence electrons. The minimum atomic E-state index is 1.18. The molecule has 0 saturated heterocycles. The molecule has 0 radical (unpaired) electrons. The topological polar surface area (TPSA) is 12.0 Å². The number of hydrogen-bond donors (Lipinski definition) is 1. The average molecular weight is 311 g/mol. The molecule has 2 heteroatoms. The van der Waals surface area contributed by atoms with Gasteiger partial charge < -0.3 is 0 Å². The third-order valence-electron chi connectivity index (χ3n) is 2.62. The van der Waals surface area contributed by atoms with Crippen molar-refractivity contribution in [3.8, 4) is 0 Å². The molecule has 0 aliphatic carbocycles. The van der Waals surface area contributed by atoms with Crippen molar-refractivity contribution in [1.29, 1.82) is 0 Å². The Morgan fingerprint density at radius 3 is 1.57 bits per heavy atom. The van der Waals surface area contributed by atoms with Gasteiger partial charge in [-0.2, -0.15) is 0 Å². The third-order valence-corrected chi connectivity index (χ3v) is 3.16. The Morgan fingerprint density at radius 2 is 1.14 bits per heavy atom. The van der Waals surface area contributed by atoms with Gasteiger partial charge in [0.1, 0.15) is 0 Å². The molecule has 0 atom stereocenters. The quantitative estimate of drug-likeness (QED) is 0.327. The Hall–Kier alpha value is 0.690. The van der Waals surface area contributed by atoms with Crippen molar-refractivity contribution in [3.63, 3.8) is 0 Å². The Balaban J connectivity index is 2.78. The molecule has 0 saturated carbocycles. The highest BCUT2D eigenvalue weighted by atomic mass is 127. The molecule has 0 aromatic heterocycles. The van der Waals surface area contributed by atoms with Crippen LogP contribution in [0.15, 0.2) is 0 Å². The van der Waals surface area contributed by atoms with E-state index in [9.17, 15) is 0 Å². The van der Waals surface area contributed by atoms with Gasteiger partial charge in [0, 0.05) is 29.4 Å². The van der Waals surface area contributed by atoms with E-state index in [0.29, 0.717) is 0 Å². The van der Waals surface area contributed by atoms with Crippen molar-refractivity contribution in [2.24, 2.45) is 0 Å². The lowest BCUT2D eigenvalue weighted by atomic mass is 10.1. The van der Waals surface area contributed by atoms with Crippen LogP contribution in [0.4, 0.5) is 0 Å². The van der Waals surface area contributed by atoms with Crippen molar-refractivity contribution in [1.82, 2.24) is 3.53 Å². The summed E-state index contributed by atoms with van der Waals surface area (Å²) in [6, 6.07) is 0. The summed E-state index contributed by atoms with van der Waals surface area (Å²) in [6.45, 7) is 3.46. The summed E-state index contributed by atoms with van der Waals surface area (Å²) < 4.78 is 3.16. The summed E-state index contributed by atoms with van der Waals surface area (Å²) in [7, 11) is 0. The molecule has 0 rings (SSSR count). The van der Waals surface area contributed by atoms with Crippen LogP contribution in [-0.2, 0) is 0 Å². The summed E-state index contributed by atoms with van der Waals surface area (Å²) in [6.07, 6.45) is 14.3. The second kappa shape index (κ2) is 13.7. The molecule has 0 bridgehead atoms. The molecule has 0 fully saturated rings. The van der Waals surface area contributed by atoms with Gasteiger partial charge in [-0.15, -0.1) is 0 Å². The van der Waals surface area contributed by atoms with Gasteiger partial charge in [0.25, 0.3) is 0 Å². The van der Waals surface area contributed by atoms with Gasteiger partial charge in [-0.3, -0.25) is 3.53 Å². The number of halogens is 1. The Kier molecular flexibility index (Phi) is 14.4. The van der Waals surface area contributed by atoms with Crippen molar-refractivity contribution in [3.05, 3.63) is 0 Å². The van der Waals surface area contributed by atoms with E-state index < -0.39 is 0 Å². The molecule has 0 spiro atoms. The van der Waals surface area contributed by atoms with Crippen LogP contribution in [0.25, 0.3) is 0 Å². The van der Waals surface area contributed by atoms with Crippen LogP contribution in [0.3, 0.4) is 0 Å². The summed E-state index contributed by atoms with van der Waals surface area (Å²) in [5, 5.41) is 0. The van der Waals surface area contributed by atoms with Crippen LogP contribution in [-0.4, -0.2) is 6.54 Å². The largest absolute Gasteiger partial charge is 0.261 e. The second-order valence-corrected chi connectivity index (χ2v) is 4.83. The molecular weight excluding hydrogens is 285 g/mol. The minimum absolute atomic E-state index is 1.18. The lowest BCUT2D eigenvalue weighted by Gasteiger charge is -2.01. The Bertz CT molecular complexity index is 84.3. The molecule has 0 heterocycles. The molecule has 0 aliphatic heterocycles. The first-order chi connectivity index (χ1) is 6.91. The lowest BCUT2D eigenvalue weighted by molar-refractivity contribution is 0.557. The third kappa shape index (κ3) is 12.7. The SMILES string of the molecule is CCCCCCCCCCCCNI. The van der Waals surface area contributed by atoms with Crippen molar-refractivity contribution in [2.45, 2.75) is 71.1 Å². The van der Waals surface area contributed by atoms with Gasteiger partial charge in [-0.05, 0) is 6.42 Å². The van der Waals surface area contributed by atoms with E-state index in [-0.39, 0.29) is 0 Å². The van der Waals surface area contributed by atoms with Gasteiger partial charge in [0.05, 0.1) is 0 Å². The molecular formula is C12H26IN. The monoisotopic (exact) mass is 311 g/mol. The van der Waals surface area contributed by atoms with E-state index in [4.69, 9.17) is 0 Å². The molecule has 1 N–H and O–H groups in total. The van der Waals surface area contributed by atoms with E-state index in [0.717, 1.165) is 0 Å². The summed E-state index contributed by atoms with van der Waals surface area (Å²) in [5.41, 5.74) is 0.